The summed E-state index contributed by atoms with van der Waals surface area (Å²) in [6, 6.07) is 10.8. The largest absolute Gasteiger partial charge is 0.340 e. The Labute approximate surface area is 193 Å². The van der Waals surface area contributed by atoms with Gasteiger partial charge in [-0.05, 0) is 36.4 Å². The Morgan fingerprint density at radius 1 is 1.03 bits per heavy atom. The number of anilines is 1. The number of aliphatic imine (C=N–C) groups is 1. The molecule has 1 fully saturated rings. The van der Waals surface area contributed by atoms with E-state index in [2.05, 4.69) is 35.8 Å². The summed E-state index contributed by atoms with van der Waals surface area (Å²) in [7, 11) is 0. The number of fused-ring (bicyclic) bond motifs is 2. The molecule has 2 aliphatic heterocycles. The molecule has 0 amide bonds. The molecule has 4 N–H and O–H groups in total. The highest BCUT2D eigenvalue weighted by Crippen LogP contribution is 2.25. The Morgan fingerprint density at radius 2 is 1.88 bits per heavy atom. The zero-order valence-electron chi connectivity index (χ0n) is 18.2. The van der Waals surface area contributed by atoms with Crippen molar-refractivity contribution in [3.63, 3.8) is 0 Å². The van der Waals surface area contributed by atoms with Crippen molar-refractivity contribution >= 4 is 22.7 Å². The summed E-state index contributed by atoms with van der Waals surface area (Å²) >= 11 is 0. The second kappa shape index (κ2) is 8.50. The molecule has 4 heterocycles. The molecule has 1 atom stereocenters. The predicted molar refractivity (Wildman–Crippen MR) is 125 cm³/mol. The Hall–Kier alpha value is -3.83. The van der Waals surface area contributed by atoms with E-state index < -0.39 is 0 Å². The van der Waals surface area contributed by atoms with E-state index >= 15 is 0 Å². The third-order valence-electron chi connectivity index (χ3n) is 6.02. The summed E-state index contributed by atoms with van der Waals surface area (Å²) < 4.78 is 29.3. The van der Waals surface area contributed by atoms with Crippen LogP contribution in [0.5, 0.6) is 0 Å². The van der Waals surface area contributed by atoms with Crippen molar-refractivity contribution in [2.75, 3.05) is 31.5 Å². The minimum atomic E-state index is -0.319. The fourth-order valence-corrected chi connectivity index (χ4v) is 4.35. The number of hydrogen-bond donors (Lipinski definition) is 4. The Balaban J connectivity index is 1.36. The fourth-order valence-electron chi connectivity index (χ4n) is 4.35. The van der Waals surface area contributed by atoms with Crippen molar-refractivity contribution in [2.24, 2.45) is 4.99 Å². The predicted octanol–water partition coefficient (Wildman–Crippen LogP) is 2.18. The van der Waals surface area contributed by atoms with Gasteiger partial charge in [0, 0.05) is 26.2 Å². The van der Waals surface area contributed by atoms with Gasteiger partial charge in [-0.2, -0.15) is 0 Å². The van der Waals surface area contributed by atoms with Crippen LogP contribution >= 0.6 is 0 Å². The van der Waals surface area contributed by atoms with Crippen molar-refractivity contribution in [3.8, 4) is 5.69 Å². The Bertz CT molecular complexity index is 1370. The molecule has 6 rings (SSSR count). The molecular weight excluding hydrogens is 440 g/mol. The van der Waals surface area contributed by atoms with Crippen molar-refractivity contribution < 1.29 is 8.78 Å². The molecule has 1 saturated heterocycles. The number of benzene rings is 2. The van der Waals surface area contributed by atoms with E-state index in [0.29, 0.717) is 34.1 Å². The number of hydrogen-bond acceptors (Lipinski definition) is 6. The van der Waals surface area contributed by atoms with Crippen molar-refractivity contribution in [1.82, 2.24) is 35.1 Å². The normalized spacial score (nSPS) is 19.7. The van der Waals surface area contributed by atoms with E-state index in [4.69, 9.17) is 4.99 Å². The van der Waals surface area contributed by atoms with E-state index in [9.17, 15) is 8.78 Å². The van der Waals surface area contributed by atoms with Gasteiger partial charge in [0.25, 0.3) is 0 Å². The lowest BCUT2D eigenvalue weighted by atomic mass is 10.2. The lowest BCUT2D eigenvalue weighted by Gasteiger charge is -2.39. The number of aromatic nitrogens is 4. The first kappa shape index (κ1) is 20.8. The van der Waals surface area contributed by atoms with Crippen LogP contribution in [0.25, 0.3) is 16.7 Å². The van der Waals surface area contributed by atoms with E-state index in [1.165, 1.54) is 24.3 Å². The molecule has 2 aromatic heterocycles. The summed E-state index contributed by atoms with van der Waals surface area (Å²) in [4.78, 5) is 19.2. The minimum Gasteiger partial charge on any atom is -0.340 e. The number of H-pyrrole nitrogens is 1. The van der Waals surface area contributed by atoms with Gasteiger partial charge in [0.1, 0.15) is 35.3 Å². The first-order valence-corrected chi connectivity index (χ1v) is 11.1. The van der Waals surface area contributed by atoms with Crippen LogP contribution in [0.2, 0.25) is 0 Å². The number of rotatable bonds is 4. The average molecular weight is 463 g/mol. The fraction of sp³-hybridized carbons (Fsp3) is 0.261. The highest BCUT2D eigenvalue weighted by Gasteiger charge is 2.31. The van der Waals surface area contributed by atoms with E-state index in [1.807, 2.05) is 10.6 Å². The maximum absolute atomic E-state index is 13.9. The maximum Gasteiger partial charge on any atom is 0.157 e. The number of aromatic amines is 1. The zero-order valence-corrected chi connectivity index (χ0v) is 18.2. The van der Waals surface area contributed by atoms with Gasteiger partial charge in [0.2, 0.25) is 0 Å². The SMILES string of the molecule is Fc1cccc(-n2cnc3c2NC(N2CCNCC2)NC3=NCc2nc3ccc(F)cc3[nH]2)c1. The average Bonchev–Trinajstić information content (AvgIpc) is 3.46. The van der Waals surface area contributed by atoms with Gasteiger partial charge in [0.15, 0.2) is 12.1 Å². The van der Waals surface area contributed by atoms with Crippen molar-refractivity contribution in [2.45, 2.75) is 12.8 Å². The summed E-state index contributed by atoms with van der Waals surface area (Å²) in [6.07, 6.45) is 1.45. The molecule has 2 aromatic carbocycles. The van der Waals surface area contributed by atoms with Crippen LogP contribution in [0.4, 0.5) is 14.6 Å². The molecule has 0 radical (unpaired) electrons. The molecule has 0 saturated carbocycles. The highest BCUT2D eigenvalue weighted by atomic mass is 19.1. The van der Waals surface area contributed by atoms with Gasteiger partial charge < -0.3 is 20.9 Å². The molecule has 174 valence electrons. The molecule has 1 unspecified atom stereocenters. The Kier molecular flexibility index (Phi) is 5.19. The molecule has 2 aliphatic rings. The molecular formula is C23H23F2N9. The molecule has 4 aromatic rings. The molecule has 0 spiro atoms. The highest BCUT2D eigenvalue weighted by molar-refractivity contribution is 6.03. The van der Waals surface area contributed by atoms with Gasteiger partial charge >= 0.3 is 0 Å². The van der Waals surface area contributed by atoms with E-state index in [-0.39, 0.29) is 24.5 Å². The second-order valence-corrected chi connectivity index (χ2v) is 8.28. The third kappa shape index (κ3) is 3.88. The number of halogens is 2. The minimum absolute atomic E-state index is 0.206. The molecule has 0 bridgehead atoms. The van der Waals surface area contributed by atoms with Gasteiger partial charge in [-0.25, -0.2) is 18.7 Å². The smallest absolute Gasteiger partial charge is 0.157 e. The van der Waals surface area contributed by atoms with Crippen molar-refractivity contribution in [3.05, 3.63) is 71.9 Å². The quantitative estimate of drug-likeness (QED) is 0.370. The first-order valence-electron chi connectivity index (χ1n) is 11.1. The number of nitrogens with zero attached hydrogens (tertiary/aromatic N) is 5. The first-order chi connectivity index (χ1) is 16.6. The summed E-state index contributed by atoms with van der Waals surface area (Å²) in [5.74, 6) is 1.33. The molecule has 34 heavy (non-hydrogen) atoms. The lowest BCUT2D eigenvalue weighted by Crippen LogP contribution is -2.60. The van der Waals surface area contributed by atoms with Crippen LogP contribution < -0.4 is 16.0 Å². The van der Waals surface area contributed by atoms with Gasteiger partial charge in [-0.1, -0.05) is 6.07 Å². The van der Waals surface area contributed by atoms with Gasteiger partial charge in [-0.3, -0.25) is 14.5 Å². The van der Waals surface area contributed by atoms with E-state index in [0.717, 1.165) is 32.0 Å². The van der Waals surface area contributed by atoms with Gasteiger partial charge in [-0.15, -0.1) is 0 Å². The third-order valence-corrected chi connectivity index (χ3v) is 6.02. The zero-order chi connectivity index (χ0) is 23.1. The lowest BCUT2D eigenvalue weighted by molar-refractivity contribution is 0.177. The summed E-state index contributed by atoms with van der Waals surface area (Å²) in [5.41, 5.74) is 2.62. The number of nitrogens with one attached hydrogen (secondary N) is 4. The monoisotopic (exact) mass is 463 g/mol. The van der Waals surface area contributed by atoms with Crippen LogP contribution in [-0.2, 0) is 6.54 Å². The van der Waals surface area contributed by atoms with Crippen LogP contribution in [-0.4, -0.2) is 62.7 Å². The second-order valence-electron chi connectivity index (χ2n) is 8.28. The Morgan fingerprint density at radius 3 is 2.74 bits per heavy atom. The van der Waals surface area contributed by atoms with E-state index in [1.54, 1.807) is 18.5 Å². The van der Waals surface area contributed by atoms with Crippen LogP contribution in [0.15, 0.2) is 53.8 Å². The number of amidine groups is 1. The molecule has 9 nitrogen and oxygen atoms in total. The number of imidazole rings is 2. The van der Waals surface area contributed by atoms with Crippen molar-refractivity contribution in [1.29, 1.82) is 0 Å². The van der Waals surface area contributed by atoms with Crippen LogP contribution in [0.1, 0.15) is 11.5 Å². The molecule has 0 aliphatic carbocycles. The standard InChI is InChI=1S/C23H23F2N9/c24-14-2-1-3-16(10-14)34-13-28-20-21(31-23(32-22(20)34)33-8-6-26-7-9-33)27-12-19-29-17-5-4-15(25)11-18(17)30-19/h1-5,10-11,13,23,26,32H,6-9,12H2,(H,27,31)(H,29,30). The maximum atomic E-state index is 13.9. The van der Waals surface area contributed by atoms with Crippen LogP contribution in [0, 0.1) is 11.6 Å². The summed E-state index contributed by atoms with van der Waals surface area (Å²) in [6.45, 7) is 3.75. The number of piperazine rings is 1. The molecule has 11 heteroatoms. The van der Waals surface area contributed by atoms with Crippen LogP contribution in [0.3, 0.4) is 0 Å². The summed E-state index contributed by atoms with van der Waals surface area (Å²) in [5, 5.41) is 10.3. The van der Waals surface area contributed by atoms with Gasteiger partial charge in [0.05, 0.1) is 23.3 Å². The topological polar surface area (TPSA) is 98.2 Å².